The van der Waals surface area contributed by atoms with Crippen LogP contribution >= 0.6 is 0 Å². The lowest BCUT2D eigenvalue weighted by molar-refractivity contribution is -0.387. The molecule has 0 saturated carbocycles. The van der Waals surface area contributed by atoms with E-state index in [1.54, 1.807) is 0 Å². The van der Waals surface area contributed by atoms with Crippen molar-refractivity contribution in [3.05, 3.63) is 33.9 Å². The quantitative estimate of drug-likeness (QED) is 0.592. The van der Waals surface area contributed by atoms with Gasteiger partial charge >= 0.3 is 5.69 Å². The molecule has 0 saturated heterocycles. The number of nitrogens with one attached hydrogen (secondary N) is 1. The highest BCUT2D eigenvalue weighted by Crippen LogP contribution is 2.26. The molecule has 20 heavy (non-hydrogen) atoms. The molecule has 0 aromatic heterocycles. The molecule has 0 radical (unpaired) electrons. The molecule has 0 fully saturated rings. The molecule has 1 aromatic rings. The zero-order valence-corrected chi connectivity index (χ0v) is 10.8. The van der Waals surface area contributed by atoms with Gasteiger partial charge in [0.2, 0.25) is 11.7 Å². The zero-order valence-electron chi connectivity index (χ0n) is 10.8. The summed E-state index contributed by atoms with van der Waals surface area (Å²) in [6, 6.07) is 0.955. The Morgan fingerprint density at radius 1 is 1.50 bits per heavy atom. The van der Waals surface area contributed by atoms with Gasteiger partial charge in [0.15, 0.2) is 11.6 Å². The van der Waals surface area contributed by atoms with E-state index in [1.165, 1.54) is 14.0 Å². The lowest BCUT2D eigenvalue weighted by atomic mass is 10.0. The lowest BCUT2D eigenvalue weighted by Crippen LogP contribution is -2.55. The van der Waals surface area contributed by atoms with Gasteiger partial charge in [-0.2, -0.15) is 4.39 Å². The minimum atomic E-state index is -1.29. The first-order chi connectivity index (χ1) is 9.21. The number of nitro benzene ring substituents is 1. The molecule has 1 atom stereocenters. The Hall–Kier alpha value is -2.29. The van der Waals surface area contributed by atoms with E-state index >= 15 is 0 Å². The van der Waals surface area contributed by atoms with Crippen LogP contribution in [-0.2, 0) is 4.79 Å². The summed E-state index contributed by atoms with van der Waals surface area (Å²) in [5.41, 5.74) is 2.85. The number of hydrogen-bond acceptors (Lipinski definition) is 5. The van der Waals surface area contributed by atoms with Crippen LogP contribution in [-0.4, -0.2) is 30.0 Å². The molecule has 7 nitrogen and oxygen atoms in total. The van der Waals surface area contributed by atoms with Crippen LogP contribution in [0.25, 0.3) is 0 Å². The zero-order chi connectivity index (χ0) is 15.5. The number of amides is 1. The van der Waals surface area contributed by atoms with Gasteiger partial charge in [0.1, 0.15) is 12.1 Å². The second-order valence-corrected chi connectivity index (χ2v) is 4.23. The summed E-state index contributed by atoms with van der Waals surface area (Å²) in [5.74, 6) is -3.64. The number of benzene rings is 1. The summed E-state index contributed by atoms with van der Waals surface area (Å²) in [5, 5.41) is 13.0. The number of hydrogen-bond donors (Lipinski definition) is 2. The van der Waals surface area contributed by atoms with Gasteiger partial charge in [-0.3, -0.25) is 14.9 Å². The van der Waals surface area contributed by atoms with Gasteiger partial charge in [-0.15, -0.1) is 0 Å². The van der Waals surface area contributed by atoms with Gasteiger partial charge in [-0.05, 0) is 14.0 Å². The lowest BCUT2D eigenvalue weighted by Gasteiger charge is -2.25. The van der Waals surface area contributed by atoms with E-state index in [9.17, 15) is 23.7 Å². The van der Waals surface area contributed by atoms with E-state index in [0.29, 0.717) is 12.1 Å². The smallest absolute Gasteiger partial charge is 0.307 e. The Kier molecular flexibility index (Phi) is 4.56. The van der Waals surface area contributed by atoms with E-state index in [0.717, 1.165) is 0 Å². The van der Waals surface area contributed by atoms with E-state index < -0.39 is 39.4 Å². The molecule has 0 aliphatic heterocycles. The van der Waals surface area contributed by atoms with Crippen LogP contribution in [0.1, 0.15) is 6.92 Å². The molecule has 1 aromatic carbocycles. The standard InChI is InChI=1S/C11H13F2N3O4/c1-11(15-2,10(14)17)5-20-9-4-6(12)8(16(18)19)3-7(9)13/h3-4,15H,5H2,1-2H3,(H2,14,17). The van der Waals surface area contributed by atoms with Crippen molar-refractivity contribution in [1.82, 2.24) is 5.32 Å². The van der Waals surface area contributed by atoms with Crippen molar-refractivity contribution in [2.24, 2.45) is 5.73 Å². The van der Waals surface area contributed by atoms with Crippen LogP contribution in [0.3, 0.4) is 0 Å². The van der Waals surface area contributed by atoms with Crippen molar-refractivity contribution in [2.75, 3.05) is 13.7 Å². The molecular formula is C11H13F2N3O4. The number of nitrogens with zero attached hydrogens (tertiary/aromatic N) is 1. The minimum absolute atomic E-state index is 0.368. The Morgan fingerprint density at radius 3 is 2.55 bits per heavy atom. The van der Waals surface area contributed by atoms with Crippen molar-refractivity contribution in [3.8, 4) is 5.75 Å². The molecule has 1 unspecified atom stereocenters. The third-order valence-electron chi connectivity index (χ3n) is 2.81. The SMILES string of the molecule is CNC(C)(COc1cc(F)c([N+](=O)[O-])cc1F)C(N)=O. The number of primary amides is 1. The van der Waals surface area contributed by atoms with Crippen molar-refractivity contribution >= 4 is 11.6 Å². The third kappa shape index (κ3) is 3.18. The number of likely N-dealkylation sites (N-methyl/N-ethyl adjacent to an activating group) is 1. The summed E-state index contributed by atoms with van der Waals surface area (Å²) in [4.78, 5) is 20.6. The second kappa shape index (κ2) is 5.78. The molecule has 1 rings (SSSR count). The maximum Gasteiger partial charge on any atom is 0.307 e. The number of ether oxygens (including phenoxy) is 1. The first-order valence-electron chi connectivity index (χ1n) is 5.46. The number of carbonyl (C=O) groups is 1. The predicted molar refractivity (Wildman–Crippen MR) is 65.2 cm³/mol. The van der Waals surface area contributed by atoms with Crippen molar-refractivity contribution < 1.29 is 23.2 Å². The minimum Gasteiger partial charge on any atom is -0.488 e. The van der Waals surface area contributed by atoms with E-state index in [1.807, 2.05) is 0 Å². The normalized spacial score (nSPS) is 13.6. The Labute approximate surface area is 112 Å². The molecule has 0 spiro atoms. The topological polar surface area (TPSA) is 107 Å². The fourth-order valence-electron chi connectivity index (χ4n) is 1.26. The van der Waals surface area contributed by atoms with Gasteiger partial charge in [-0.25, -0.2) is 4.39 Å². The molecule has 9 heteroatoms. The maximum atomic E-state index is 13.5. The van der Waals surface area contributed by atoms with Crippen molar-refractivity contribution in [1.29, 1.82) is 0 Å². The summed E-state index contributed by atoms with van der Waals surface area (Å²) in [7, 11) is 1.45. The number of nitro groups is 1. The highest BCUT2D eigenvalue weighted by Gasteiger charge is 2.31. The second-order valence-electron chi connectivity index (χ2n) is 4.23. The van der Waals surface area contributed by atoms with E-state index in [2.05, 4.69) is 5.32 Å². The monoisotopic (exact) mass is 289 g/mol. The predicted octanol–water partition coefficient (Wildman–Crippen LogP) is 0.715. The highest BCUT2D eigenvalue weighted by atomic mass is 19.1. The van der Waals surface area contributed by atoms with Crippen LogP contribution in [0.4, 0.5) is 14.5 Å². The van der Waals surface area contributed by atoms with Crippen LogP contribution in [0, 0.1) is 21.7 Å². The van der Waals surface area contributed by atoms with Crippen LogP contribution in [0.2, 0.25) is 0 Å². The van der Waals surface area contributed by atoms with Crippen molar-refractivity contribution in [2.45, 2.75) is 12.5 Å². The third-order valence-corrected chi connectivity index (χ3v) is 2.81. The summed E-state index contributed by atoms with van der Waals surface area (Å²) in [6.45, 7) is 1.04. The Balaban J connectivity index is 2.97. The Bertz CT molecular complexity index is 553. The van der Waals surface area contributed by atoms with Crippen LogP contribution < -0.4 is 15.8 Å². The fraction of sp³-hybridized carbons (Fsp3) is 0.364. The molecule has 0 aliphatic carbocycles. The first kappa shape index (κ1) is 15.8. The summed E-state index contributed by atoms with van der Waals surface area (Å²) < 4.78 is 31.9. The van der Waals surface area contributed by atoms with E-state index in [4.69, 9.17) is 10.5 Å². The average molecular weight is 289 g/mol. The van der Waals surface area contributed by atoms with Gasteiger partial charge < -0.3 is 15.8 Å². The molecule has 0 aliphatic rings. The van der Waals surface area contributed by atoms with Gasteiger partial charge in [-0.1, -0.05) is 0 Å². The number of carbonyl (C=O) groups excluding carboxylic acids is 1. The summed E-state index contributed by atoms with van der Waals surface area (Å²) >= 11 is 0. The Morgan fingerprint density at radius 2 is 2.10 bits per heavy atom. The molecule has 0 bridgehead atoms. The molecular weight excluding hydrogens is 276 g/mol. The molecule has 3 N–H and O–H groups in total. The number of rotatable bonds is 6. The van der Waals surface area contributed by atoms with Crippen LogP contribution in [0.15, 0.2) is 12.1 Å². The molecule has 110 valence electrons. The molecule has 1 amide bonds. The highest BCUT2D eigenvalue weighted by molar-refractivity contribution is 5.84. The average Bonchev–Trinajstić information content (AvgIpc) is 2.38. The summed E-state index contributed by atoms with van der Waals surface area (Å²) in [6.07, 6.45) is 0. The maximum absolute atomic E-state index is 13.5. The van der Waals surface area contributed by atoms with Crippen molar-refractivity contribution in [3.63, 3.8) is 0 Å². The van der Waals surface area contributed by atoms with Crippen LogP contribution in [0.5, 0.6) is 5.75 Å². The van der Waals surface area contributed by atoms with E-state index in [-0.39, 0.29) is 6.61 Å². The van der Waals surface area contributed by atoms with Gasteiger partial charge in [0.25, 0.3) is 0 Å². The number of nitrogens with two attached hydrogens (primary N) is 1. The van der Waals surface area contributed by atoms with Gasteiger partial charge in [0.05, 0.1) is 11.0 Å². The largest absolute Gasteiger partial charge is 0.488 e. The fourth-order valence-corrected chi connectivity index (χ4v) is 1.26. The first-order valence-corrected chi connectivity index (χ1v) is 5.46. The molecule has 0 heterocycles. The number of halogens is 2. The van der Waals surface area contributed by atoms with Gasteiger partial charge in [0, 0.05) is 6.07 Å².